The van der Waals surface area contributed by atoms with Crippen LogP contribution < -0.4 is 4.31 Å². The molecule has 0 aliphatic rings. The molecule has 0 radical (unpaired) electrons. The number of hydrogen-bond donors (Lipinski definition) is 1. The van der Waals surface area contributed by atoms with Crippen molar-refractivity contribution >= 4 is 39.5 Å². The number of ether oxygens (including phenoxy) is 1. The molecule has 4 rings (SSSR count). The molecule has 1 unspecified atom stereocenters. The maximum absolute atomic E-state index is 13.1. The van der Waals surface area contributed by atoms with E-state index in [1.54, 1.807) is 63.8 Å². The van der Waals surface area contributed by atoms with Crippen LogP contribution in [0.3, 0.4) is 0 Å². The summed E-state index contributed by atoms with van der Waals surface area (Å²) in [6.45, 7) is 5.81. The molecule has 1 amide bonds. The maximum atomic E-state index is 13.1. The lowest BCUT2D eigenvalue weighted by molar-refractivity contribution is -0.384. The third-order valence-corrected chi connectivity index (χ3v) is 7.20. The summed E-state index contributed by atoms with van der Waals surface area (Å²) in [5.74, 6) is 0. The van der Waals surface area contributed by atoms with Gasteiger partial charge in [-0.1, -0.05) is 18.2 Å². The summed E-state index contributed by atoms with van der Waals surface area (Å²) >= 11 is -2.40. The minimum Gasteiger partial charge on any atom is -0.444 e. The number of nitro benzene ring substituents is 1. The zero-order valence-electron chi connectivity index (χ0n) is 23.7. The van der Waals surface area contributed by atoms with Gasteiger partial charge in [-0.3, -0.25) is 28.9 Å². The Bertz CT molecular complexity index is 1560. The molecule has 0 bridgehead atoms. The van der Waals surface area contributed by atoms with E-state index in [9.17, 15) is 23.7 Å². The van der Waals surface area contributed by atoms with Gasteiger partial charge < -0.3 is 9.64 Å². The highest BCUT2D eigenvalue weighted by molar-refractivity contribution is 7.80. The summed E-state index contributed by atoms with van der Waals surface area (Å²) in [4.78, 5) is 33.6. The van der Waals surface area contributed by atoms with Crippen LogP contribution in [0.4, 0.5) is 16.2 Å². The monoisotopic (exact) mass is 591 g/mol. The Morgan fingerprint density at radius 1 is 1.00 bits per heavy atom. The van der Waals surface area contributed by atoms with Crippen LogP contribution in [0.5, 0.6) is 0 Å². The van der Waals surface area contributed by atoms with Gasteiger partial charge in [-0.25, -0.2) is 9.00 Å². The molecule has 1 atom stereocenters. The Morgan fingerprint density at radius 3 is 2.38 bits per heavy atom. The topological polar surface area (TPSA) is 139 Å². The van der Waals surface area contributed by atoms with Crippen molar-refractivity contribution in [2.45, 2.75) is 39.2 Å². The normalized spacial score (nSPS) is 12.1. The average Bonchev–Trinajstić information content (AvgIpc) is 2.95. The fourth-order valence-corrected chi connectivity index (χ4v) is 5.03. The second-order valence-electron chi connectivity index (χ2n) is 10.7. The number of anilines is 1. The van der Waals surface area contributed by atoms with Crippen LogP contribution in [0.1, 0.15) is 32.8 Å². The molecule has 1 N–H and O–H groups in total. The van der Waals surface area contributed by atoms with Gasteiger partial charge in [-0.15, -0.1) is 0 Å². The molecule has 220 valence electrons. The first kappa shape index (κ1) is 30.5. The van der Waals surface area contributed by atoms with E-state index in [1.807, 2.05) is 24.3 Å². The SMILES string of the molecule is CC(C)(C)OC(=O)N(CCCc1ccc([N+](=O)[O-])cc1)CCN(c1cc(-c2cccnc2)cc2cnccc12)S(=O)O. The molecule has 42 heavy (non-hydrogen) atoms. The highest BCUT2D eigenvalue weighted by Crippen LogP contribution is 2.33. The van der Waals surface area contributed by atoms with E-state index < -0.39 is 27.9 Å². The molecule has 4 aromatic rings. The molecule has 0 spiro atoms. The number of pyridine rings is 2. The van der Waals surface area contributed by atoms with Crippen molar-refractivity contribution in [2.75, 3.05) is 23.9 Å². The van der Waals surface area contributed by atoms with E-state index in [0.717, 1.165) is 27.5 Å². The number of nitrogens with zero attached hydrogens (tertiary/aromatic N) is 5. The Morgan fingerprint density at radius 2 is 1.74 bits per heavy atom. The van der Waals surface area contributed by atoms with Crippen LogP contribution >= 0.6 is 0 Å². The smallest absolute Gasteiger partial charge is 0.410 e. The number of carbonyl (C=O) groups is 1. The third-order valence-electron chi connectivity index (χ3n) is 6.45. The fraction of sp³-hybridized carbons (Fsp3) is 0.300. The maximum Gasteiger partial charge on any atom is 0.410 e. The highest BCUT2D eigenvalue weighted by Gasteiger charge is 2.24. The zero-order chi connectivity index (χ0) is 30.3. The van der Waals surface area contributed by atoms with Gasteiger partial charge in [0.15, 0.2) is 0 Å². The van der Waals surface area contributed by atoms with Crippen molar-refractivity contribution in [3.63, 3.8) is 0 Å². The minimum absolute atomic E-state index is 0.0159. The van der Waals surface area contributed by atoms with Crippen molar-refractivity contribution in [2.24, 2.45) is 0 Å². The molecule has 12 heteroatoms. The Kier molecular flexibility index (Phi) is 9.81. The summed E-state index contributed by atoms with van der Waals surface area (Å²) in [7, 11) is 0. The first-order valence-corrected chi connectivity index (χ1v) is 14.5. The summed E-state index contributed by atoms with van der Waals surface area (Å²) in [5.41, 5.74) is 2.35. The predicted molar refractivity (Wildman–Crippen MR) is 162 cm³/mol. The van der Waals surface area contributed by atoms with Crippen LogP contribution in [0, 0.1) is 10.1 Å². The zero-order valence-corrected chi connectivity index (χ0v) is 24.5. The number of nitro groups is 1. The summed E-state index contributed by atoms with van der Waals surface area (Å²) in [6.07, 6.45) is 7.32. The van der Waals surface area contributed by atoms with Crippen LogP contribution in [0.15, 0.2) is 79.4 Å². The first-order chi connectivity index (χ1) is 20.0. The lowest BCUT2D eigenvalue weighted by Gasteiger charge is -2.30. The molecule has 0 aliphatic heterocycles. The molecule has 0 saturated heterocycles. The summed E-state index contributed by atoms with van der Waals surface area (Å²) in [5, 5.41) is 12.5. The quantitative estimate of drug-likeness (QED) is 0.127. The number of non-ortho nitro benzene ring substituents is 1. The standard InChI is InChI=1S/C30H33N5O6S/c1-30(2,3)41-29(36)33(15-5-6-22-8-10-26(11-9-22)35(37)38)16-17-34(42(39)40)28-19-24(23-7-4-13-31-20-23)18-25-21-32-14-12-27(25)28/h4,7-14,18-21H,5-6,15-17H2,1-3H3,(H,39,40). The van der Waals surface area contributed by atoms with Gasteiger partial charge in [-0.05, 0) is 69.0 Å². The molecule has 2 aromatic carbocycles. The second kappa shape index (κ2) is 13.5. The lowest BCUT2D eigenvalue weighted by atomic mass is 10.0. The highest BCUT2D eigenvalue weighted by atomic mass is 32.2. The van der Waals surface area contributed by atoms with Gasteiger partial charge in [0.1, 0.15) is 5.60 Å². The largest absolute Gasteiger partial charge is 0.444 e. The van der Waals surface area contributed by atoms with E-state index in [4.69, 9.17) is 4.74 Å². The Hall–Kier alpha value is -4.42. The van der Waals surface area contributed by atoms with Gasteiger partial charge in [-0.2, -0.15) is 0 Å². The van der Waals surface area contributed by atoms with E-state index in [-0.39, 0.29) is 18.8 Å². The number of rotatable bonds is 11. The molecule has 0 saturated carbocycles. The first-order valence-electron chi connectivity index (χ1n) is 13.4. The van der Waals surface area contributed by atoms with Crippen LogP contribution in [-0.2, 0) is 22.4 Å². The fourth-order valence-electron chi connectivity index (χ4n) is 4.47. The van der Waals surface area contributed by atoms with Gasteiger partial charge in [0, 0.05) is 66.3 Å². The molecular formula is C30H33N5O6S. The van der Waals surface area contributed by atoms with Crippen LogP contribution in [0.25, 0.3) is 21.9 Å². The predicted octanol–water partition coefficient (Wildman–Crippen LogP) is 6.02. The minimum atomic E-state index is -2.40. The number of aromatic nitrogens is 2. The van der Waals surface area contributed by atoms with Crippen LogP contribution in [-0.4, -0.2) is 59.9 Å². The summed E-state index contributed by atoms with van der Waals surface area (Å²) < 4.78 is 30.1. The number of fused-ring (bicyclic) bond motifs is 1. The van der Waals surface area contributed by atoms with Crippen molar-refractivity contribution < 1.29 is 23.2 Å². The van der Waals surface area contributed by atoms with E-state index in [1.165, 1.54) is 21.3 Å². The van der Waals surface area contributed by atoms with Crippen molar-refractivity contribution in [3.05, 3.63) is 95.1 Å². The Labute approximate surface area is 246 Å². The van der Waals surface area contributed by atoms with Crippen molar-refractivity contribution in [1.29, 1.82) is 0 Å². The molecule has 0 aliphatic carbocycles. The van der Waals surface area contributed by atoms with E-state index in [2.05, 4.69) is 9.97 Å². The molecule has 11 nitrogen and oxygen atoms in total. The summed E-state index contributed by atoms with van der Waals surface area (Å²) in [6, 6.07) is 15.6. The third kappa shape index (κ3) is 8.08. The van der Waals surface area contributed by atoms with Crippen molar-refractivity contribution in [1.82, 2.24) is 14.9 Å². The molecule has 2 aromatic heterocycles. The number of hydrogen-bond acceptors (Lipinski definition) is 7. The average molecular weight is 592 g/mol. The number of benzene rings is 2. The second-order valence-corrected chi connectivity index (χ2v) is 11.6. The van der Waals surface area contributed by atoms with Crippen LogP contribution in [0.2, 0.25) is 0 Å². The Balaban J connectivity index is 1.57. The molecular weight excluding hydrogens is 558 g/mol. The number of aryl methyl sites for hydroxylation is 1. The van der Waals surface area contributed by atoms with E-state index >= 15 is 0 Å². The molecule has 0 fully saturated rings. The molecule has 2 heterocycles. The number of carbonyl (C=O) groups excluding carboxylic acids is 1. The van der Waals surface area contributed by atoms with E-state index in [0.29, 0.717) is 25.1 Å². The van der Waals surface area contributed by atoms with Gasteiger partial charge in [0.25, 0.3) is 17.0 Å². The van der Waals surface area contributed by atoms with Gasteiger partial charge >= 0.3 is 6.09 Å². The lowest BCUT2D eigenvalue weighted by Crippen LogP contribution is -2.42. The van der Waals surface area contributed by atoms with Gasteiger partial charge in [0.05, 0.1) is 17.2 Å². The van der Waals surface area contributed by atoms with Gasteiger partial charge in [0.2, 0.25) is 0 Å². The number of amides is 1. The van der Waals surface area contributed by atoms with Crippen molar-refractivity contribution in [3.8, 4) is 11.1 Å².